The second-order valence-corrected chi connectivity index (χ2v) is 8.15. The molecule has 5 nitrogen and oxygen atoms in total. The highest BCUT2D eigenvalue weighted by molar-refractivity contribution is 7.99. The van der Waals surface area contributed by atoms with E-state index in [-0.39, 0.29) is 22.9 Å². The lowest BCUT2D eigenvalue weighted by Gasteiger charge is -2.36. The maximum atomic E-state index is 13.2. The number of carbonyl (C=O) groups excluding carboxylic acids is 2. The molecule has 1 fully saturated rings. The third-order valence-electron chi connectivity index (χ3n) is 5.39. The van der Waals surface area contributed by atoms with Crippen LogP contribution in [0.1, 0.15) is 52.7 Å². The summed E-state index contributed by atoms with van der Waals surface area (Å²) in [6.07, 6.45) is 2.00. The molecule has 1 saturated heterocycles. The number of rotatable bonds is 2. The van der Waals surface area contributed by atoms with Crippen LogP contribution in [0.15, 0.2) is 22.3 Å². The van der Waals surface area contributed by atoms with Gasteiger partial charge in [-0.15, -0.1) is 11.8 Å². The molecule has 0 radical (unpaired) electrons. The van der Waals surface area contributed by atoms with Crippen molar-refractivity contribution in [1.29, 1.82) is 0 Å². The van der Waals surface area contributed by atoms with Crippen molar-refractivity contribution in [2.45, 2.75) is 50.2 Å². The van der Waals surface area contributed by atoms with Crippen molar-refractivity contribution in [3.05, 3.63) is 39.7 Å². The molecule has 0 amide bonds. The molecule has 1 aliphatic carbocycles. The molecule has 0 aromatic heterocycles. The largest absolute Gasteiger partial charge is 0.511 e. The molecule has 1 aromatic carbocycles. The lowest BCUT2D eigenvalue weighted by atomic mass is 9.85. The normalized spacial score (nSPS) is 22.0. The zero-order valence-electron chi connectivity index (χ0n) is 15.0. The maximum Gasteiger partial charge on any atom is 0.200 e. The molecule has 1 spiro atoms. The zero-order valence-corrected chi connectivity index (χ0v) is 15.8. The molecule has 0 bridgehead atoms. The molecule has 138 valence electrons. The van der Waals surface area contributed by atoms with Gasteiger partial charge in [-0.1, -0.05) is 0 Å². The highest BCUT2D eigenvalue weighted by atomic mass is 32.2. The van der Waals surface area contributed by atoms with E-state index in [0.717, 1.165) is 33.8 Å². The molecule has 0 unspecified atom stereocenters. The van der Waals surface area contributed by atoms with Crippen molar-refractivity contribution in [3.63, 3.8) is 0 Å². The van der Waals surface area contributed by atoms with E-state index in [1.54, 1.807) is 11.8 Å². The number of allylic oxidation sites excluding steroid dienone is 2. The van der Waals surface area contributed by atoms with Gasteiger partial charge in [0.1, 0.15) is 11.3 Å². The van der Waals surface area contributed by atoms with E-state index < -0.39 is 5.79 Å². The molecule has 3 aliphatic rings. The summed E-state index contributed by atoms with van der Waals surface area (Å²) in [4.78, 5) is 26.5. The zero-order chi connectivity index (χ0) is 18.5. The predicted molar refractivity (Wildman–Crippen MR) is 97.7 cm³/mol. The summed E-state index contributed by atoms with van der Waals surface area (Å²) in [6.45, 7) is 4.92. The highest BCUT2D eigenvalue weighted by Crippen LogP contribution is 2.49. The van der Waals surface area contributed by atoms with Crippen LogP contribution in [-0.4, -0.2) is 35.6 Å². The van der Waals surface area contributed by atoms with Crippen LogP contribution >= 0.6 is 11.8 Å². The minimum Gasteiger partial charge on any atom is -0.511 e. The lowest BCUT2D eigenvalue weighted by Crippen LogP contribution is -2.33. The minimum atomic E-state index is -0.793. The smallest absolute Gasteiger partial charge is 0.200 e. The number of ether oxygens (including phenoxy) is 2. The van der Waals surface area contributed by atoms with Gasteiger partial charge in [-0.05, 0) is 37.5 Å². The van der Waals surface area contributed by atoms with Gasteiger partial charge < -0.3 is 14.6 Å². The van der Waals surface area contributed by atoms with Gasteiger partial charge in [-0.2, -0.15) is 0 Å². The van der Waals surface area contributed by atoms with E-state index in [9.17, 15) is 14.7 Å². The summed E-state index contributed by atoms with van der Waals surface area (Å²) in [5.41, 5.74) is 3.07. The van der Waals surface area contributed by atoms with Crippen LogP contribution in [0, 0.1) is 13.8 Å². The number of carbonyl (C=O) groups is 2. The summed E-state index contributed by atoms with van der Waals surface area (Å²) in [5, 5.41) is 10.2. The third kappa shape index (κ3) is 2.63. The quantitative estimate of drug-likeness (QED) is 0.628. The monoisotopic (exact) mass is 374 g/mol. The average molecular weight is 374 g/mol. The third-order valence-corrected chi connectivity index (χ3v) is 6.62. The van der Waals surface area contributed by atoms with Gasteiger partial charge in [0.25, 0.3) is 0 Å². The minimum absolute atomic E-state index is 0.0514. The summed E-state index contributed by atoms with van der Waals surface area (Å²) in [5.74, 6) is -0.646. The van der Waals surface area contributed by atoms with Gasteiger partial charge in [0.2, 0.25) is 0 Å². The van der Waals surface area contributed by atoms with Crippen molar-refractivity contribution in [3.8, 4) is 0 Å². The van der Waals surface area contributed by atoms with Crippen LogP contribution in [0.5, 0.6) is 0 Å². The number of aryl methyl sites for hydroxylation is 1. The van der Waals surface area contributed by atoms with Crippen LogP contribution in [0.3, 0.4) is 0 Å². The molecule has 4 rings (SSSR count). The molecule has 26 heavy (non-hydrogen) atoms. The van der Waals surface area contributed by atoms with Crippen LogP contribution in [0.4, 0.5) is 0 Å². The van der Waals surface area contributed by atoms with E-state index in [1.165, 1.54) is 0 Å². The first-order valence-electron chi connectivity index (χ1n) is 9.00. The average Bonchev–Trinajstić information content (AvgIpc) is 3.06. The molecule has 1 aromatic rings. The molecule has 2 aliphatic heterocycles. The number of aliphatic hydroxyl groups excluding tert-OH is 1. The van der Waals surface area contributed by atoms with Gasteiger partial charge in [-0.25, -0.2) is 0 Å². The number of hydrogen-bond donors (Lipinski definition) is 1. The Kier molecular flexibility index (Phi) is 4.45. The van der Waals surface area contributed by atoms with Crippen molar-refractivity contribution < 1.29 is 24.2 Å². The van der Waals surface area contributed by atoms with Crippen LogP contribution in [0.2, 0.25) is 0 Å². The van der Waals surface area contributed by atoms with Gasteiger partial charge in [0.15, 0.2) is 17.4 Å². The first kappa shape index (κ1) is 17.8. The molecule has 1 N–H and O–H groups in total. The van der Waals surface area contributed by atoms with E-state index >= 15 is 0 Å². The van der Waals surface area contributed by atoms with Gasteiger partial charge in [0, 0.05) is 41.0 Å². The fourth-order valence-electron chi connectivity index (χ4n) is 4.15. The summed E-state index contributed by atoms with van der Waals surface area (Å²) in [6, 6.07) is 1.83. The SMILES string of the molecule is Cc1cc(C(=O)C2=C(O)CCCC2=O)c(C)c2c1SCCC21OCCO1. The van der Waals surface area contributed by atoms with Gasteiger partial charge >= 0.3 is 0 Å². The Morgan fingerprint density at radius 3 is 2.65 bits per heavy atom. The van der Waals surface area contributed by atoms with E-state index in [0.29, 0.717) is 38.0 Å². The first-order valence-corrected chi connectivity index (χ1v) is 9.98. The first-order chi connectivity index (χ1) is 12.4. The Morgan fingerprint density at radius 2 is 1.96 bits per heavy atom. The van der Waals surface area contributed by atoms with Crippen molar-refractivity contribution in [2.75, 3.05) is 19.0 Å². The number of ketones is 2. The van der Waals surface area contributed by atoms with Gasteiger partial charge in [0.05, 0.1) is 13.2 Å². The summed E-state index contributed by atoms with van der Waals surface area (Å²) < 4.78 is 12.0. The van der Waals surface area contributed by atoms with Crippen LogP contribution < -0.4 is 0 Å². The summed E-state index contributed by atoms with van der Waals surface area (Å²) >= 11 is 1.75. The highest BCUT2D eigenvalue weighted by Gasteiger charge is 2.45. The van der Waals surface area contributed by atoms with Crippen LogP contribution in [0.25, 0.3) is 0 Å². The molecule has 6 heteroatoms. The Morgan fingerprint density at radius 1 is 1.23 bits per heavy atom. The van der Waals surface area contributed by atoms with Crippen molar-refractivity contribution in [2.24, 2.45) is 0 Å². The predicted octanol–water partition coefficient (Wildman–Crippen LogP) is 3.75. The van der Waals surface area contributed by atoms with Gasteiger partial charge in [-0.3, -0.25) is 9.59 Å². The Labute approximate surface area is 156 Å². The second kappa shape index (κ2) is 6.51. The fourth-order valence-corrected chi connectivity index (χ4v) is 5.46. The number of thioether (sulfide) groups is 1. The fraction of sp³-hybridized carbons (Fsp3) is 0.500. The number of hydrogen-bond acceptors (Lipinski definition) is 6. The number of fused-ring (bicyclic) bond motifs is 2. The second-order valence-electron chi connectivity index (χ2n) is 7.05. The number of benzene rings is 1. The van der Waals surface area contributed by atoms with E-state index in [2.05, 4.69) is 0 Å². The van der Waals surface area contributed by atoms with E-state index in [4.69, 9.17) is 9.47 Å². The molecular weight excluding hydrogens is 352 g/mol. The Bertz CT molecular complexity index is 833. The standard InChI is InChI=1S/C20H22O5S/c1-11-10-13(18(23)16-14(21)4-3-5-15(16)22)12(2)17-19(11)26-9-6-20(17)24-7-8-25-20/h10,21H,3-9H2,1-2H3. The number of aliphatic hydroxyl groups is 1. The molecule has 2 heterocycles. The summed E-state index contributed by atoms with van der Waals surface area (Å²) in [7, 11) is 0. The maximum absolute atomic E-state index is 13.2. The molecule has 0 saturated carbocycles. The number of Topliss-reactive ketones (excluding diaryl/α,β-unsaturated/α-hetero) is 2. The molecule has 0 atom stereocenters. The molecular formula is C20H22O5S. The van der Waals surface area contributed by atoms with E-state index in [1.807, 2.05) is 19.9 Å². The van der Waals surface area contributed by atoms with Crippen molar-refractivity contribution >= 4 is 23.3 Å². The van der Waals surface area contributed by atoms with Crippen molar-refractivity contribution in [1.82, 2.24) is 0 Å². The van der Waals surface area contributed by atoms with Crippen LogP contribution in [-0.2, 0) is 20.1 Å². The Hall–Kier alpha value is -1.63. The topological polar surface area (TPSA) is 72.8 Å². The Balaban J connectivity index is 1.88. The lowest BCUT2D eigenvalue weighted by molar-refractivity contribution is -0.170.